The number of hydrogen-bond acceptors (Lipinski definition) is 3. The van der Waals surface area contributed by atoms with Crippen LogP contribution in [0.25, 0.3) is 11.0 Å². The highest BCUT2D eigenvalue weighted by Gasteiger charge is 2.28. The van der Waals surface area contributed by atoms with Crippen LogP contribution in [0.15, 0.2) is 21.3 Å². The molecule has 1 aliphatic heterocycles. The summed E-state index contributed by atoms with van der Waals surface area (Å²) in [5.41, 5.74) is 3.21. The van der Waals surface area contributed by atoms with Gasteiger partial charge in [0.2, 0.25) is 0 Å². The predicted molar refractivity (Wildman–Crippen MR) is 93.6 cm³/mol. The number of phenolic OH excluding ortho intramolecular Hbond substituents is 1. The van der Waals surface area contributed by atoms with Crippen molar-refractivity contribution in [1.29, 1.82) is 0 Å². The van der Waals surface area contributed by atoms with E-state index in [2.05, 4.69) is 6.92 Å². The molecular weight excluding hydrogens is 302 g/mol. The van der Waals surface area contributed by atoms with Gasteiger partial charge >= 0.3 is 5.63 Å². The Labute approximate surface area is 142 Å². The third-order valence-electron chi connectivity index (χ3n) is 5.99. The van der Waals surface area contributed by atoms with Gasteiger partial charge in [0.1, 0.15) is 12.3 Å². The highest BCUT2D eigenvalue weighted by molar-refractivity contribution is 5.86. The molecule has 0 amide bonds. The summed E-state index contributed by atoms with van der Waals surface area (Å²) in [6, 6.07) is 4.33. The summed E-state index contributed by atoms with van der Waals surface area (Å²) < 4.78 is 5.70. The van der Waals surface area contributed by atoms with Crippen LogP contribution in [0, 0.1) is 0 Å². The van der Waals surface area contributed by atoms with E-state index in [0.29, 0.717) is 11.6 Å². The van der Waals surface area contributed by atoms with Crippen LogP contribution in [0.2, 0.25) is 0 Å². The molecule has 2 aromatic rings. The fraction of sp³-hybridized carbons (Fsp3) is 0.550. The predicted octanol–water partition coefficient (Wildman–Crippen LogP) is 2.33. The summed E-state index contributed by atoms with van der Waals surface area (Å²) in [5, 5.41) is 11.5. The van der Waals surface area contributed by atoms with Crippen molar-refractivity contribution in [3.63, 3.8) is 0 Å². The Morgan fingerprint density at radius 1 is 1.21 bits per heavy atom. The number of quaternary nitrogens is 1. The second-order valence-corrected chi connectivity index (χ2v) is 7.33. The molecule has 128 valence electrons. The molecule has 4 rings (SSSR count). The van der Waals surface area contributed by atoms with Gasteiger partial charge in [0.05, 0.1) is 18.2 Å². The highest BCUT2D eigenvalue weighted by atomic mass is 16.4. The number of hydrogen-bond donors (Lipinski definition) is 2. The first-order valence-electron chi connectivity index (χ1n) is 9.33. The van der Waals surface area contributed by atoms with Gasteiger partial charge in [0, 0.05) is 10.9 Å². The maximum Gasteiger partial charge on any atom is 0.339 e. The molecule has 1 aromatic heterocycles. The van der Waals surface area contributed by atoms with Crippen LogP contribution in [0.1, 0.15) is 55.7 Å². The van der Waals surface area contributed by atoms with Gasteiger partial charge in [-0.1, -0.05) is 6.92 Å². The summed E-state index contributed by atoms with van der Waals surface area (Å²) in [6.07, 6.45) is 7.71. The van der Waals surface area contributed by atoms with Crippen LogP contribution < -0.4 is 10.5 Å². The topological polar surface area (TPSA) is 54.9 Å². The smallest absolute Gasteiger partial charge is 0.339 e. The van der Waals surface area contributed by atoms with Crippen molar-refractivity contribution >= 4 is 11.0 Å². The lowest BCUT2D eigenvalue weighted by Gasteiger charge is -2.32. The molecule has 1 aromatic carbocycles. The maximum atomic E-state index is 12.3. The van der Waals surface area contributed by atoms with Crippen molar-refractivity contribution in [2.24, 2.45) is 0 Å². The van der Waals surface area contributed by atoms with Crippen LogP contribution in [-0.4, -0.2) is 17.7 Å². The van der Waals surface area contributed by atoms with E-state index in [1.54, 1.807) is 6.07 Å². The zero-order chi connectivity index (χ0) is 16.7. The van der Waals surface area contributed by atoms with Crippen molar-refractivity contribution < 1.29 is 14.4 Å². The van der Waals surface area contributed by atoms with Gasteiger partial charge in [0.15, 0.2) is 5.58 Å². The first kappa shape index (κ1) is 15.7. The molecule has 2 heterocycles. The lowest BCUT2D eigenvalue weighted by Crippen LogP contribution is -3.15. The Hall–Kier alpha value is -1.81. The molecule has 1 aliphatic carbocycles. The third-order valence-corrected chi connectivity index (χ3v) is 5.99. The molecule has 24 heavy (non-hydrogen) atoms. The number of likely N-dealkylation sites (tertiary alicyclic amines) is 1. The van der Waals surface area contributed by atoms with Gasteiger partial charge in [-0.3, -0.25) is 0 Å². The van der Waals surface area contributed by atoms with Crippen LogP contribution in [-0.2, 0) is 19.4 Å². The fourth-order valence-electron chi connectivity index (χ4n) is 4.67. The molecule has 2 atom stereocenters. The van der Waals surface area contributed by atoms with Gasteiger partial charge in [-0.15, -0.1) is 0 Å². The number of piperidine rings is 1. The number of nitrogens with one attached hydrogen (secondary N) is 1. The Kier molecular flexibility index (Phi) is 4.09. The highest BCUT2D eigenvalue weighted by Crippen LogP contribution is 2.32. The van der Waals surface area contributed by atoms with Gasteiger partial charge in [0.25, 0.3) is 0 Å². The van der Waals surface area contributed by atoms with Crippen LogP contribution >= 0.6 is 0 Å². The van der Waals surface area contributed by atoms with E-state index >= 15 is 0 Å². The molecule has 0 spiro atoms. The maximum absolute atomic E-state index is 12.3. The second kappa shape index (κ2) is 6.25. The number of fused-ring (bicyclic) bond motifs is 3. The standard InChI is InChI=1S/C20H25NO3/c1-2-13-6-3-4-11-21(13)12-17-18(22)10-9-15-14-7-5-8-16(14)20(23)24-19(15)17/h9-10,13,22H,2-8,11-12H2,1H3/p+1. The number of phenols is 1. The quantitative estimate of drug-likeness (QED) is 0.850. The normalized spacial score (nSPS) is 23.5. The summed E-state index contributed by atoms with van der Waals surface area (Å²) in [5.74, 6) is 0.261. The lowest BCUT2D eigenvalue weighted by atomic mass is 9.97. The summed E-state index contributed by atoms with van der Waals surface area (Å²) in [7, 11) is 0. The minimum Gasteiger partial charge on any atom is -0.507 e. The number of aryl methyl sites for hydroxylation is 1. The van der Waals surface area contributed by atoms with Gasteiger partial charge in [-0.05, 0) is 62.6 Å². The van der Waals surface area contributed by atoms with E-state index in [9.17, 15) is 9.90 Å². The third kappa shape index (κ3) is 2.53. The minimum absolute atomic E-state index is 0.206. The zero-order valence-electron chi connectivity index (χ0n) is 14.4. The van der Waals surface area contributed by atoms with E-state index in [-0.39, 0.29) is 11.4 Å². The van der Waals surface area contributed by atoms with Crippen molar-refractivity contribution in [3.05, 3.63) is 39.2 Å². The zero-order valence-corrected chi connectivity index (χ0v) is 14.4. The van der Waals surface area contributed by atoms with Crippen LogP contribution in [0.3, 0.4) is 0 Å². The lowest BCUT2D eigenvalue weighted by molar-refractivity contribution is -0.944. The Bertz CT molecular complexity index is 824. The van der Waals surface area contributed by atoms with E-state index in [1.807, 2.05) is 6.07 Å². The summed E-state index contributed by atoms with van der Waals surface area (Å²) >= 11 is 0. The van der Waals surface area contributed by atoms with E-state index in [1.165, 1.54) is 24.2 Å². The molecule has 2 N–H and O–H groups in total. The fourth-order valence-corrected chi connectivity index (χ4v) is 4.67. The molecule has 0 saturated carbocycles. The Balaban J connectivity index is 1.81. The first-order valence-corrected chi connectivity index (χ1v) is 9.33. The number of rotatable bonds is 3. The molecule has 1 saturated heterocycles. The van der Waals surface area contributed by atoms with Crippen molar-refractivity contribution in [3.8, 4) is 5.75 Å². The largest absolute Gasteiger partial charge is 0.507 e. The molecule has 0 bridgehead atoms. The van der Waals surface area contributed by atoms with E-state index < -0.39 is 0 Å². The van der Waals surface area contributed by atoms with Gasteiger partial charge < -0.3 is 14.4 Å². The average Bonchev–Trinajstić information content (AvgIpc) is 3.09. The molecule has 2 unspecified atom stereocenters. The first-order chi connectivity index (χ1) is 11.7. The van der Waals surface area contributed by atoms with Gasteiger partial charge in [-0.25, -0.2) is 4.79 Å². The van der Waals surface area contributed by atoms with Crippen molar-refractivity contribution in [1.82, 2.24) is 0 Å². The molecule has 4 nitrogen and oxygen atoms in total. The summed E-state index contributed by atoms with van der Waals surface area (Å²) in [6.45, 7) is 4.11. The van der Waals surface area contributed by atoms with E-state index in [4.69, 9.17) is 4.42 Å². The SMILES string of the molecule is CCC1CCCC[NH+]1Cc1c(O)ccc2c3c(c(=O)oc12)CCC3. The molecule has 1 fully saturated rings. The Morgan fingerprint density at radius 2 is 2.04 bits per heavy atom. The molecule has 4 heteroatoms. The van der Waals surface area contributed by atoms with Crippen LogP contribution in [0.5, 0.6) is 5.75 Å². The summed E-state index contributed by atoms with van der Waals surface area (Å²) in [4.78, 5) is 13.9. The monoisotopic (exact) mass is 328 g/mol. The van der Waals surface area contributed by atoms with E-state index in [0.717, 1.165) is 60.8 Å². The molecule has 0 radical (unpaired) electrons. The molecular formula is C20H26NO3+. The Morgan fingerprint density at radius 3 is 2.88 bits per heavy atom. The minimum atomic E-state index is -0.206. The van der Waals surface area contributed by atoms with Crippen molar-refractivity contribution in [2.45, 2.75) is 64.5 Å². The van der Waals surface area contributed by atoms with Gasteiger partial charge in [-0.2, -0.15) is 0 Å². The number of benzene rings is 1. The van der Waals surface area contributed by atoms with Crippen LogP contribution in [0.4, 0.5) is 0 Å². The second-order valence-electron chi connectivity index (χ2n) is 7.33. The number of aromatic hydroxyl groups is 1. The molecule has 2 aliphatic rings. The van der Waals surface area contributed by atoms with Crippen molar-refractivity contribution in [2.75, 3.05) is 6.54 Å². The average molecular weight is 328 g/mol.